The van der Waals surface area contributed by atoms with Crippen molar-refractivity contribution >= 4 is 27.5 Å². The first-order chi connectivity index (χ1) is 12.2. The number of aromatic nitrogens is 1. The quantitative estimate of drug-likeness (QED) is 0.720. The summed E-state index contributed by atoms with van der Waals surface area (Å²) < 4.78 is 52.3. The standard InChI is InChI=1S/C16H16ClF2N3O3S/c1-22(10-11-2-5-15(17)20-9-11)16(23)6-7-21-26(24,25)12-3-4-13(18)14(19)8-12/h2-5,8-9,21H,6-7,10H2,1H3. The van der Waals surface area contributed by atoms with Gasteiger partial charge in [0.05, 0.1) is 4.90 Å². The van der Waals surface area contributed by atoms with Crippen molar-refractivity contribution in [2.75, 3.05) is 13.6 Å². The van der Waals surface area contributed by atoms with E-state index in [-0.39, 0.29) is 18.9 Å². The molecule has 140 valence electrons. The highest BCUT2D eigenvalue weighted by molar-refractivity contribution is 7.89. The van der Waals surface area contributed by atoms with E-state index >= 15 is 0 Å². The molecule has 1 amide bonds. The van der Waals surface area contributed by atoms with Gasteiger partial charge in [0.1, 0.15) is 5.15 Å². The molecule has 1 heterocycles. The number of carbonyl (C=O) groups is 1. The molecule has 0 atom stereocenters. The van der Waals surface area contributed by atoms with Crippen molar-refractivity contribution in [3.05, 3.63) is 58.9 Å². The largest absolute Gasteiger partial charge is 0.341 e. The number of amides is 1. The van der Waals surface area contributed by atoms with Crippen molar-refractivity contribution in [2.45, 2.75) is 17.9 Å². The number of nitrogens with one attached hydrogen (secondary N) is 1. The summed E-state index contributed by atoms with van der Waals surface area (Å²) in [5.41, 5.74) is 0.771. The van der Waals surface area contributed by atoms with E-state index < -0.39 is 26.6 Å². The van der Waals surface area contributed by atoms with Crippen LogP contribution in [-0.4, -0.2) is 37.8 Å². The third-order valence-electron chi connectivity index (χ3n) is 3.47. The number of carbonyl (C=O) groups excluding carboxylic acids is 1. The summed E-state index contributed by atoms with van der Waals surface area (Å²) in [6.07, 6.45) is 1.44. The Balaban J connectivity index is 1.88. The fraction of sp³-hybridized carbons (Fsp3) is 0.250. The molecule has 0 saturated heterocycles. The smallest absolute Gasteiger partial charge is 0.240 e. The van der Waals surface area contributed by atoms with Gasteiger partial charge in [0.2, 0.25) is 15.9 Å². The van der Waals surface area contributed by atoms with Gasteiger partial charge in [0.25, 0.3) is 0 Å². The summed E-state index contributed by atoms with van der Waals surface area (Å²) in [6.45, 7) is 0.113. The highest BCUT2D eigenvalue weighted by Gasteiger charge is 2.17. The van der Waals surface area contributed by atoms with Gasteiger partial charge in [-0.05, 0) is 29.8 Å². The zero-order valence-electron chi connectivity index (χ0n) is 13.7. The number of benzene rings is 1. The van der Waals surface area contributed by atoms with E-state index in [0.29, 0.717) is 17.8 Å². The van der Waals surface area contributed by atoms with Gasteiger partial charge < -0.3 is 4.90 Å². The van der Waals surface area contributed by atoms with Crippen LogP contribution in [0.5, 0.6) is 0 Å². The van der Waals surface area contributed by atoms with Crippen LogP contribution < -0.4 is 4.72 Å². The summed E-state index contributed by atoms with van der Waals surface area (Å²) >= 11 is 5.69. The molecule has 26 heavy (non-hydrogen) atoms. The maximum Gasteiger partial charge on any atom is 0.240 e. The molecule has 2 rings (SSSR count). The van der Waals surface area contributed by atoms with E-state index in [9.17, 15) is 22.0 Å². The lowest BCUT2D eigenvalue weighted by Gasteiger charge is -2.17. The van der Waals surface area contributed by atoms with E-state index in [1.807, 2.05) is 0 Å². The maximum atomic E-state index is 13.2. The van der Waals surface area contributed by atoms with Gasteiger partial charge in [-0.2, -0.15) is 0 Å². The number of pyridine rings is 1. The van der Waals surface area contributed by atoms with Crippen LogP contribution in [0.25, 0.3) is 0 Å². The van der Waals surface area contributed by atoms with Gasteiger partial charge in [0, 0.05) is 32.8 Å². The third kappa shape index (κ3) is 5.45. The van der Waals surface area contributed by atoms with Crippen molar-refractivity contribution < 1.29 is 22.0 Å². The monoisotopic (exact) mass is 403 g/mol. The highest BCUT2D eigenvalue weighted by Crippen LogP contribution is 2.13. The molecule has 0 saturated carbocycles. The molecular weight excluding hydrogens is 388 g/mol. The number of hydrogen-bond donors (Lipinski definition) is 1. The molecule has 0 aliphatic carbocycles. The Kier molecular flexibility index (Phi) is 6.63. The van der Waals surface area contributed by atoms with E-state index in [0.717, 1.165) is 17.7 Å². The summed E-state index contributed by atoms with van der Waals surface area (Å²) in [5.74, 6) is -2.70. The van der Waals surface area contributed by atoms with Crippen LogP contribution in [0, 0.1) is 11.6 Å². The molecule has 10 heteroatoms. The van der Waals surface area contributed by atoms with Gasteiger partial charge in [-0.15, -0.1) is 0 Å². The summed E-state index contributed by atoms with van der Waals surface area (Å²) in [7, 11) is -2.47. The van der Waals surface area contributed by atoms with E-state index in [1.165, 1.54) is 11.1 Å². The van der Waals surface area contributed by atoms with Crippen LogP contribution in [0.15, 0.2) is 41.4 Å². The molecule has 0 radical (unpaired) electrons. The second kappa shape index (κ2) is 8.52. The topological polar surface area (TPSA) is 79.4 Å². The molecule has 0 aliphatic rings. The average Bonchev–Trinajstić information content (AvgIpc) is 2.59. The minimum atomic E-state index is -4.04. The molecule has 6 nitrogen and oxygen atoms in total. The Labute approximate surface area is 154 Å². The van der Waals surface area contributed by atoms with Crippen molar-refractivity contribution in [2.24, 2.45) is 0 Å². The number of rotatable bonds is 7. The van der Waals surface area contributed by atoms with E-state index in [2.05, 4.69) is 9.71 Å². The summed E-state index contributed by atoms with van der Waals surface area (Å²) in [6, 6.07) is 5.58. The lowest BCUT2D eigenvalue weighted by atomic mass is 10.2. The van der Waals surface area contributed by atoms with Crippen LogP contribution in [-0.2, 0) is 21.4 Å². The summed E-state index contributed by atoms with van der Waals surface area (Å²) in [4.78, 5) is 17.0. The average molecular weight is 404 g/mol. The Morgan fingerprint density at radius 2 is 1.96 bits per heavy atom. The molecule has 1 N–H and O–H groups in total. The van der Waals surface area contributed by atoms with Crippen LogP contribution in [0.2, 0.25) is 5.15 Å². The summed E-state index contributed by atoms with van der Waals surface area (Å²) in [5, 5.41) is 0.342. The number of sulfonamides is 1. The number of nitrogens with zero attached hydrogens (tertiary/aromatic N) is 2. The minimum Gasteiger partial charge on any atom is -0.341 e. The zero-order valence-corrected chi connectivity index (χ0v) is 15.3. The number of hydrogen-bond acceptors (Lipinski definition) is 4. The first kappa shape index (κ1) is 20.2. The molecule has 0 spiro atoms. The predicted molar refractivity (Wildman–Crippen MR) is 91.9 cm³/mol. The van der Waals surface area contributed by atoms with Gasteiger partial charge in [0.15, 0.2) is 11.6 Å². The predicted octanol–water partition coefficient (Wildman–Crippen LogP) is 2.34. The maximum absolute atomic E-state index is 13.2. The van der Waals surface area contributed by atoms with Crippen LogP contribution >= 0.6 is 11.6 Å². The van der Waals surface area contributed by atoms with E-state index in [1.54, 1.807) is 19.2 Å². The minimum absolute atomic E-state index is 0.0968. The fourth-order valence-corrected chi connectivity index (χ4v) is 3.23. The molecule has 0 bridgehead atoms. The molecule has 0 unspecified atom stereocenters. The Morgan fingerprint density at radius 1 is 1.23 bits per heavy atom. The van der Waals surface area contributed by atoms with Gasteiger partial charge >= 0.3 is 0 Å². The molecule has 0 fully saturated rings. The Hall–Kier alpha value is -2.10. The normalized spacial score (nSPS) is 11.4. The number of halogens is 3. The van der Waals surface area contributed by atoms with E-state index in [4.69, 9.17) is 11.6 Å². The van der Waals surface area contributed by atoms with Gasteiger partial charge in [-0.1, -0.05) is 17.7 Å². The van der Waals surface area contributed by atoms with Crippen molar-refractivity contribution in [3.8, 4) is 0 Å². The van der Waals surface area contributed by atoms with Crippen molar-refractivity contribution in [1.29, 1.82) is 0 Å². The SMILES string of the molecule is CN(Cc1ccc(Cl)nc1)C(=O)CCNS(=O)(=O)c1ccc(F)c(F)c1. The van der Waals surface area contributed by atoms with Crippen molar-refractivity contribution in [1.82, 2.24) is 14.6 Å². The van der Waals surface area contributed by atoms with Crippen LogP contribution in [0.4, 0.5) is 8.78 Å². The van der Waals surface area contributed by atoms with Crippen molar-refractivity contribution in [3.63, 3.8) is 0 Å². The van der Waals surface area contributed by atoms with Gasteiger partial charge in [-0.25, -0.2) is 26.9 Å². The van der Waals surface area contributed by atoms with Crippen LogP contribution in [0.3, 0.4) is 0 Å². The first-order valence-electron chi connectivity index (χ1n) is 7.48. The molecular formula is C16H16ClF2N3O3S. The molecule has 1 aromatic heterocycles. The second-order valence-electron chi connectivity index (χ2n) is 5.46. The lowest BCUT2D eigenvalue weighted by Crippen LogP contribution is -2.32. The zero-order chi connectivity index (χ0) is 19.3. The molecule has 1 aromatic carbocycles. The fourth-order valence-electron chi connectivity index (χ4n) is 2.07. The third-order valence-corrected chi connectivity index (χ3v) is 5.15. The van der Waals surface area contributed by atoms with Crippen LogP contribution in [0.1, 0.15) is 12.0 Å². The first-order valence-corrected chi connectivity index (χ1v) is 9.34. The van der Waals surface area contributed by atoms with Gasteiger partial charge in [-0.3, -0.25) is 4.79 Å². The Morgan fingerprint density at radius 3 is 2.58 bits per heavy atom. The molecule has 2 aromatic rings. The highest BCUT2D eigenvalue weighted by atomic mass is 35.5. The second-order valence-corrected chi connectivity index (χ2v) is 7.62. The molecule has 0 aliphatic heterocycles. The lowest BCUT2D eigenvalue weighted by molar-refractivity contribution is -0.130. The Bertz CT molecular complexity index is 892.